The van der Waals surface area contributed by atoms with Crippen molar-refractivity contribution in [3.63, 3.8) is 0 Å². The monoisotopic (exact) mass is 235 g/mol. The summed E-state index contributed by atoms with van der Waals surface area (Å²) in [5, 5.41) is 0.331. The van der Waals surface area contributed by atoms with Gasteiger partial charge in [0.05, 0.1) is 4.90 Å². The van der Waals surface area contributed by atoms with Crippen LogP contribution in [0.25, 0.3) is 10.9 Å². The average Bonchev–Trinajstić information content (AvgIpc) is 2.48. The normalized spacial score (nSPS) is 13.4. The number of nitrogens with one attached hydrogen (secondary N) is 1. The van der Waals surface area contributed by atoms with E-state index in [0.29, 0.717) is 10.9 Å². The standard InChI is InChI=1S/C8H4ClF2NOS/c9-14(13)8-3-12-7-2-6(11)5(10)1-4(7)8/h1-3,12H. The minimum Gasteiger partial charge on any atom is -0.360 e. The molecule has 0 radical (unpaired) electrons. The van der Waals surface area contributed by atoms with Crippen LogP contribution in [0.15, 0.2) is 23.2 Å². The van der Waals surface area contributed by atoms with Gasteiger partial charge in [-0.05, 0) is 16.7 Å². The molecule has 6 heteroatoms. The first-order valence-corrected chi connectivity index (χ1v) is 5.61. The average molecular weight is 236 g/mol. The topological polar surface area (TPSA) is 32.9 Å². The van der Waals surface area contributed by atoms with Crippen LogP contribution in [0.5, 0.6) is 0 Å². The summed E-state index contributed by atoms with van der Waals surface area (Å²) in [4.78, 5) is 2.90. The van der Waals surface area contributed by atoms with Crippen molar-refractivity contribution in [1.29, 1.82) is 0 Å². The number of benzene rings is 1. The van der Waals surface area contributed by atoms with Crippen molar-refractivity contribution < 1.29 is 13.0 Å². The summed E-state index contributed by atoms with van der Waals surface area (Å²) in [6.07, 6.45) is 1.37. The fourth-order valence-corrected chi connectivity index (χ4v) is 2.10. The van der Waals surface area contributed by atoms with Crippen molar-refractivity contribution in [1.82, 2.24) is 4.98 Å². The lowest BCUT2D eigenvalue weighted by atomic mass is 10.2. The van der Waals surface area contributed by atoms with Crippen molar-refractivity contribution in [3.05, 3.63) is 30.0 Å². The smallest absolute Gasteiger partial charge is 0.160 e. The van der Waals surface area contributed by atoms with Gasteiger partial charge in [-0.1, -0.05) is 0 Å². The van der Waals surface area contributed by atoms with Gasteiger partial charge >= 0.3 is 0 Å². The molecule has 2 rings (SSSR count). The van der Waals surface area contributed by atoms with Crippen molar-refractivity contribution in [2.75, 3.05) is 0 Å². The Kier molecular flexibility index (Phi) is 2.28. The largest absolute Gasteiger partial charge is 0.360 e. The summed E-state index contributed by atoms with van der Waals surface area (Å²) < 4.78 is 36.6. The van der Waals surface area contributed by atoms with E-state index in [-0.39, 0.29) is 4.90 Å². The molecule has 0 spiro atoms. The van der Waals surface area contributed by atoms with Gasteiger partial charge in [0.1, 0.15) is 10.0 Å². The maximum atomic E-state index is 12.8. The van der Waals surface area contributed by atoms with Crippen LogP contribution in [-0.2, 0) is 10.0 Å². The fraction of sp³-hybridized carbons (Fsp3) is 0. The third-order valence-electron chi connectivity index (χ3n) is 1.86. The lowest BCUT2D eigenvalue weighted by Crippen LogP contribution is -1.84. The maximum Gasteiger partial charge on any atom is 0.160 e. The van der Waals surface area contributed by atoms with Gasteiger partial charge in [0.15, 0.2) is 11.6 Å². The van der Waals surface area contributed by atoms with Gasteiger partial charge in [-0.2, -0.15) is 0 Å². The zero-order valence-corrected chi connectivity index (χ0v) is 8.25. The van der Waals surface area contributed by atoms with Gasteiger partial charge in [-0.15, -0.1) is 0 Å². The van der Waals surface area contributed by atoms with E-state index in [1.54, 1.807) is 0 Å². The molecule has 0 saturated heterocycles. The lowest BCUT2D eigenvalue weighted by Gasteiger charge is -1.94. The SMILES string of the molecule is O=S(Cl)c1c[nH]c2cc(F)c(F)cc12. The highest BCUT2D eigenvalue weighted by Crippen LogP contribution is 2.25. The van der Waals surface area contributed by atoms with E-state index in [1.807, 2.05) is 0 Å². The quantitative estimate of drug-likeness (QED) is 0.758. The molecule has 1 N–H and O–H groups in total. The van der Waals surface area contributed by atoms with Crippen molar-refractivity contribution in [3.8, 4) is 0 Å². The molecule has 14 heavy (non-hydrogen) atoms. The number of hydrogen-bond donors (Lipinski definition) is 1. The second-order valence-electron chi connectivity index (χ2n) is 2.69. The molecule has 0 amide bonds. The first-order chi connectivity index (χ1) is 6.59. The Labute approximate surface area is 84.8 Å². The lowest BCUT2D eigenvalue weighted by molar-refractivity contribution is 0.510. The van der Waals surface area contributed by atoms with Gasteiger partial charge in [0.2, 0.25) is 0 Å². The molecule has 0 saturated carbocycles. The van der Waals surface area contributed by atoms with E-state index in [4.69, 9.17) is 10.7 Å². The van der Waals surface area contributed by atoms with Crippen molar-refractivity contribution in [2.24, 2.45) is 0 Å². The Morgan fingerprint density at radius 3 is 2.57 bits per heavy atom. The highest BCUT2D eigenvalue weighted by molar-refractivity contribution is 8.08. The summed E-state index contributed by atoms with van der Waals surface area (Å²) >= 11 is 0. The van der Waals surface area contributed by atoms with E-state index >= 15 is 0 Å². The second-order valence-corrected chi connectivity index (χ2v) is 4.42. The Bertz CT molecular complexity index is 525. The van der Waals surface area contributed by atoms with Crippen LogP contribution in [0.2, 0.25) is 0 Å². The number of H-pyrrole nitrogens is 1. The minimum atomic E-state index is -1.74. The zero-order valence-electron chi connectivity index (χ0n) is 6.68. The van der Waals surface area contributed by atoms with Crippen LogP contribution in [0.3, 0.4) is 0 Å². The number of rotatable bonds is 1. The highest BCUT2D eigenvalue weighted by atomic mass is 35.7. The first kappa shape index (κ1) is 9.61. The van der Waals surface area contributed by atoms with E-state index in [2.05, 4.69) is 4.98 Å². The van der Waals surface area contributed by atoms with Gasteiger partial charge < -0.3 is 4.98 Å². The van der Waals surface area contributed by atoms with E-state index in [9.17, 15) is 13.0 Å². The molecule has 1 heterocycles. The number of hydrogen-bond acceptors (Lipinski definition) is 1. The number of aromatic amines is 1. The van der Waals surface area contributed by atoms with Crippen LogP contribution in [0, 0.1) is 11.6 Å². The molecular weight excluding hydrogens is 232 g/mol. The van der Waals surface area contributed by atoms with Crippen molar-refractivity contribution >= 4 is 31.6 Å². The molecule has 0 aliphatic heterocycles. The summed E-state index contributed by atoms with van der Waals surface area (Å²) in [5.74, 6) is -1.94. The Balaban J connectivity index is 2.80. The fourth-order valence-electron chi connectivity index (χ4n) is 1.22. The van der Waals surface area contributed by atoms with Crippen LogP contribution in [0.4, 0.5) is 8.78 Å². The molecule has 0 fully saturated rings. The minimum absolute atomic E-state index is 0.251. The third-order valence-corrected chi connectivity index (χ3v) is 3.04. The summed E-state index contributed by atoms with van der Waals surface area (Å²) in [7, 11) is 3.62. The first-order valence-electron chi connectivity index (χ1n) is 3.64. The van der Waals surface area contributed by atoms with Crippen LogP contribution in [-0.4, -0.2) is 9.19 Å². The Hall–Kier alpha value is -0.940. The number of fused-ring (bicyclic) bond motifs is 1. The van der Waals surface area contributed by atoms with Gasteiger partial charge in [-0.25, -0.2) is 13.0 Å². The van der Waals surface area contributed by atoms with E-state index < -0.39 is 21.6 Å². The molecular formula is C8H4ClF2NOS. The molecule has 74 valence electrons. The third kappa shape index (κ3) is 1.42. The summed E-state index contributed by atoms with van der Waals surface area (Å²) in [5.41, 5.74) is 0.368. The van der Waals surface area contributed by atoms with Gasteiger partial charge in [-0.3, -0.25) is 0 Å². The molecule has 0 aliphatic carbocycles. The van der Waals surface area contributed by atoms with Gasteiger partial charge in [0, 0.05) is 23.2 Å². The number of aromatic nitrogens is 1. The Morgan fingerprint density at radius 1 is 1.29 bits per heavy atom. The predicted octanol–water partition coefficient (Wildman–Crippen LogP) is 2.71. The van der Waals surface area contributed by atoms with Crippen LogP contribution < -0.4 is 0 Å². The molecule has 0 aliphatic rings. The zero-order chi connectivity index (χ0) is 10.3. The Morgan fingerprint density at radius 2 is 1.93 bits per heavy atom. The predicted molar refractivity (Wildman–Crippen MR) is 50.5 cm³/mol. The molecule has 0 bridgehead atoms. The second kappa shape index (κ2) is 3.33. The highest BCUT2D eigenvalue weighted by Gasteiger charge is 2.12. The summed E-state index contributed by atoms with van der Waals surface area (Å²) in [6, 6.07) is 1.97. The van der Waals surface area contributed by atoms with E-state index in [0.717, 1.165) is 12.1 Å². The molecule has 1 aromatic carbocycles. The molecule has 1 unspecified atom stereocenters. The molecule has 2 aromatic rings. The molecule has 1 aromatic heterocycles. The maximum absolute atomic E-state index is 12.8. The van der Waals surface area contributed by atoms with Crippen molar-refractivity contribution in [2.45, 2.75) is 4.90 Å². The summed E-state index contributed by atoms with van der Waals surface area (Å²) in [6.45, 7) is 0. The van der Waals surface area contributed by atoms with Crippen LogP contribution in [0.1, 0.15) is 0 Å². The molecule has 1 atom stereocenters. The molecule has 2 nitrogen and oxygen atoms in total. The van der Waals surface area contributed by atoms with Gasteiger partial charge in [0.25, 0.3) is 0 Å². The van der Waals surface area contributed by atoms with Crippen LogP contribution >= 0.6 is 10.7 Å². The van der Waals surface area contributed by atoms with E-state index in [1.165, 1.54) is 6.20 Å². The number of halogens is 3.